The van der Waals surface area contributed by atoms with Gasteiger partial charge in [0.25, 0.3) is 0 Å². The second-order valence-corrected chi connectivity index (χ2v) is 1.91. The van der Waals surface area contributed by atoms with Gasteiger partial charge in [-0.25, -0.2) is 0 Å². The van der Waals surface area contributed by atoms with Crippen molar-refractivity contribution in [3.63, 3.8) is 0 Å². The minimum absolute atomic E-state index is 0.155. The fraction of sp³-hybridized carbons (Fsp3) is 0.600. The number of Topliss-reactive ketones (excluding diaryl/α,β-unsaturated/α-hetero) is 1. The molecule has 0 saturated carbocycles. The number of hydrogen-bond donors (Lipinski definition) is 1. The van der Waals surface area contributed by atoms with Gasteiger partial charge in [0.1, 0.15) is 0 Å². The molecule has 0 rings (SSSR count). The van der Waals surface area contributed by atoms with Crippen LogP contribution in [0.5, 0.6) is 0 Å². The zero-order valence-electron chi connectivity index (χ0n) is 6.15. The average Bonchev–Trinajstić information content (AvgIpc) is 2.00. The third-order valence-corrected chi connectivity index (χ3v) is 1.09. The summed E-state index contributed by atoms with van der Waals surface area (Å²) in [5, 5.41) is 1.71. The van der Waals surface area contributed by atoms with E-state index in [1.54, 1.807) is 12.0 Å². The normalized spacial score (nSPS) is 12.5. The van der Waals surface area contributed by atoms with Crippen LogP contribution in [-0.4, -0.2) is 31.6 Å². The summed E-state index contributed by atoms with van der Waals surface area (Å²) in [5.41, 5.74) is 8.12. The van der Waals surface area contributed by atoms with Crippen LogP contribution in [0.1, 0.15) is 6.92 Å². The molecule has 1 N–H and O–H groups in total. The van der Waals surface area contributed by atoms with E-state index < -0.39 is 6.04 Å². The first kappa shape index (κ1) is 9.80. The fourth-order valence-corrected chi connectivity index (χ4v) is 0.473. The van der Waals surface area contributed by atoms with Crippen molar-refractivity contribution in [2.24, 2.45) is 4.99 Å². The van der Waals surface area contributed by atoms with Crippen molar-refractivity contribution in [1.82, 2.24) is 0 Å². The summed E-state index contributed by atoms with van der Waals surface area (Å²) >= 11 is 0. The van der Waals surface area contributed by atoms with E-state index in [9.17, 15) is 9.50 Å². The Kier molecular flexibility index (Phi) is 4.97. The van der Waals surface area contributed by atoms with E-state index in [-0.39, 0.29) is 12.3 Å². The summed E-state index contributed by atoms with van der Waals surface area (Å²) in [6, 6.07) is -0.583. The third kappa shape index (κ3) is 4.24. The first-order valence-corrected chi connectivity index (χ1v) is 3.09. The molecular weight excluding hydrogens is 145 g/mol. The maximum absolute atomic E-state index is 10.8. The molecule has 58 valence electrons. The fourth-order valence-electron chi connectivity index (χ4n) is 0.473. The first-order chi connectivity index (χ1) is 5.22. The number of carbonyl (C=O) groups excluding carboxylic acids is 1. The van der Waals surface area contributed by atoms with Gasteiger partial charge < -0.3 is 0 Å². The van der Waals surface area contributed by atoms with Crippen molar-refractivity contribution in [2.75, 3.05) is 6.54 Å². The van der Waals surface area contributed by atoms with Crippen molar-refractivity contribution >= 4 is 19.0 Å². The van der Waals surface area contributed by atoms with Crippen LogP contribution in [0.2, 0.25) is 0 Å². The van der Waals surface area contributed by atoms with E-state index in [4.69, 9.17) is 5.53 Å². The summed E-state index contributed by atoms with van der Waals surface area (Å²) < 4.78 is 9.76. The second kappa shape index (κ2) is 5.58. The Morgan fingerprint density at radius 2 is 2.55 bits per heavy atom. The molecule has 6 heteroatoms. The Morgan fingerprint density at radius 3 is 3.00 bits per heavy atom. The van der Waals surface area contributed by atoms with E-state index in [1.807, 2.05) is 0 Å². The van der Waals surface area contributed by atoms with Crippen LogP contribution >= 0.6 is 0 Å². The predicted octanol–water partition coefficient (Wildman–Crippen LogP) is -1.88. The van der Waals surface area contributed by atoms with Crippen LogP contribution in [0.4, 0.5) is 0 Å². The SMILES string of the molecule is CC(N=CB=O)C(=O)C[NH+]=[N-]. The Morgan fingerprint density at radius 1 is 1.91 bits per heavy atom. The molecule has 5 nitrogen and oxygen atoms in total. The Hall–Kier alpha value is -1.20. The van der Waals surface area contributed by atoms with Crippen molar-refractivity contribution in [1.29, 1.82) is 0 Å². The van der Waals surface area contributed by atoms with E-state index in [2.05, 4.69) is 4.99 Å². The third-order valence-electron chi connectivity index (χ3n) is 1.09. The topological polar surface area (TPSA) is 82.8 Å². The number of carbonyl (C=O) groups is 1. The molecule has 0 aliphatic carbocycles. The van der Waals surface area contributed by atoms with Gasteiger partial charge in [-0.3, -0.25) is 0 Å². The van der Waals surface area contributed by atoms with Crippen LogP contribution in [-0.2, 0) is 9.50 Å². The molecule has 0 saturated heterocycles. The van der Waals surface area contributed by atoms with Gasteiger partial charge in [-0.2, -0.15) is 0 Å². The molecule has 1 atom stereocenters. The summed E-state index contributed by atoms with van der Waals surface area (Å²) in [6.45, 7) is 1.39. The average molecular weight is 153 g/mol. The van der Waals surface area contributed by atoms with Gasteiger partial charge in [0.15, 0.2) is 0 Å². The molecule has 1 unspecified atom stereocenters. The van der Waals surface area contributed by atoms with Crippen LogP contribution in [0.3, 0.4) is 0 Å². The zero-order valence-corrected chi connectivity index (χ0v) is 6.15. The van der Waals surface area contributed by atoms with Crippen molar-refractivity contribution in [2.45, 2.75) is 13.0 Å². The number of aliphatic imine (C=N–C) groups is 1. The molecule has 0 radical (unpaired) electrons. The number of ketones is 1. The molecular formula is C5H8BN3O2. The number of rotatable bonds is 5. The zero-order chi connectivity index (χ0) is 8.69. The van der Waals surface area contributed by atoms with Crippen molar-refractivity contribution in [3.8, 4) is 0 Å². The maximum atomic E-state index is 10.8. The van der Waals surface area contributed by atoms with Gasteiger partial charge in [0.2, 0.25) is 0 Å². The molecule has 0 heterocycles. The second-order valence-electron chi connectivity index (χ2n) is 1.91. The summed E-state index contributed by atoms with van der Waals surface area (Å²) in [7, 11) is 0.496. The van der Waals surface area contributed by atoms with E-state index in [1.165, 1.54) is 0 Å². The first-order valence-electron chi connectivity index (χ1n) is 3.09. The van der Waals surface area contributed by atoms with E-state index in [0.29, 0.717) is 7.15 Å². The minimum atomic E-state index is -0.583. The molecule has 11 heavy (non-hydrogen) atoms. The van der Waals surface area contributed by atoms with Crippen LogP contribution < -0.4 is 5.11 Å². The van der Waals surface area contributed by atoms with Crippen molar-refractivity contribution in [3.05, 3.63) is 5.53 Å². The van der Waals surface area contributed by atoms with Crippen molar-refractivity contribution < 1.29 is 14.6 Å². The molecule has 0 aliphatic heterocycles. The molecule has 0 spiro atoms. The summed E-state index contributed by atoms with van der Waals surface area (Å²) in [5.74, 6) is -0.273. The van der Waals surface area contributed by atoms with Gasteiger partial charge in [-0.1, -0.05) is 0 Å². The molecule has 0 fully saturated rings. The number of hydrogen-bond acceptors (Lipinski definition) is 3. The van der Waals surface area contributed by atoms with Crippen LogP contribution in [0.25, 0.3) is 5.53 Å². The van der Waals surface area contributed by atoms with E-state index in [0.717, 1.165) is 6.11 Å². The molecule has 0 aromatic heterocycles. The number of nitrogens with zero attached hydrogens (tertiary/aromatic N) is 2. The quantitative estimate of drug-likeness (QED) is 0.285. The molecule has 0 amide bonds. The van der Waals surface area contributed by atoms with Gasteiger partial charge >= 0.3 is 63.7 Å². The predicted molar refractivity (Wildman–Crippen MR) is 38.6 cm³/mol. The van der Waals surface area contributed by atoms with Gasteiger partial charge in [-0.15, -0.1) is 0 Å². The Balaban J connectivity index is 3.90. The molecule has 0 bridgehead atoms. The Labute approximate surface area is 64.7 Å². The van der Waals surface area contributed by atoms with Gasteiger partial charge in [-0.05, 0) is 0 Å². The molecule has 0 aromatic carbocycles. The van der Waals surface area contributed by atoms with Crippen LogP contribution in [0, 0.1) is 0 Å². The summed E-state index contributed by atoms with van der Waals surface area (Å²) in [6.07, 6.45) is 1.01. The van der Waals surface area contributed by atoms with Gasteiger partial charge in [0, 0.05) is 0 Å². The van der Waals surface area contributed by atoms with Crippen LogP contribution in [0.15, 0.2) is 4.99 Å². The molecule has 0 aliphatic rings. The monoisotopic (exact) mass is 153 g/mol. The molecule has 0 aromatic rings. The van der Waals surface area contributed by atoms with Gasteiger partial charge in [0.05, 0.1) is 0 Å². The standard InChI is InChI=1S/C5H8BN3O2/c1-4(8-3-6-11)5(10)2-9-7/h3-4,9H,2H2,1H3. The summed E-state index contributed by atoms with van der Waals surface area (Å²) in [4.78, 5) is 14.4. The number of nitrogens with one attached hydrogen (secondary N) is 1. The Bertz CT molecular complexity index is 192. The van der Waals surface area contributed by atoms with E-state index >= 15 is 0 Å².